The van der Waals surface area contributed by atoms with Gasteiger partial charge in [0, 0.05) is 42.8 Å². The van der Waals surface area contributed by atoms with Crippen molar-refractivity contribution in [3.8, 4) is 0 Å². The first-order valence-corrected chi connectivity index (χ1v) is 18.0. The van der Waals surface area contributed by atoms with Gasteiger partial charge in [0.15, 0.2) is 0 Å². The number of fused-ring (bicyclic) bond motifs is 1. The van der Waals surface area contributed by atoms with Crippen LogP contribution in [0.1, 0.15) is 71.4 Å². The molecule has 12 heteroatoms. The van der Waals surface area contributed by atoms with E-state index in [1.807, 2.05) is 18.2 Å². The number of anilines is 2. The summed E-state index contributed by atoms with van der Waals surface area (Å²) in [5.74, 6) is -1.25. The molecule has 0 atom stereocenters. The number of rotatable bonds is 15. The molecule has 258 valence electrons. The smallest absolute Gasteiger partial charge is 0.372 e. The van der Waals surface area contributed by atoms with E-state index in [9.17, 15) is 23.1 Å². The molecule has 0 radical (unpaired) electrons. The average Bonchev–Trinajstić information content (AvgIpc) is 3.72. The molecule has 0 unspecified atom stereocenters. The molecule has 2 heterocycles. The van der Waals surface area contributed by atoms with Crippen molar-refractivity contribution >= 4 is 55.8 Å². The molecule has 0 aliphatic rings. The molecular formula is C37H40ClN3O7S. The molecule has 1 amide bonds. The van der Waals surface area contributed by atoms with Gasteiger partial charge in [-0.25, -0.2) is 13.2 Å². The largest absolute Gasteiger partial charge is 0.475 e. The van der Waals surface area contributed by atoms with Crippen LogP contribution in [0.5, 0.6) is 0 Å². The zero-order valence-corrected chi connectivity index (χ0v) is 29.6. The quantitative estimate of drug-likeness (QED) is 0.115. The molecule has 0 bridgehead atoms. The number of benzene rings is 3. The number of aryl methyl sites for hydroxylation is 1. The van der Waals surface area contributed by atoms with E-state index in [4.69, 9.17) is 20.4 Å². The number of carbonyl (C=O) groups is 2. The molecule has 0 fully saturated rings. The Labute approximate surface area is 291 Å². The van der Waals surface area contributed by atoms with Crippen LogP contribution in [0.15, 0.2) is 92.8 Å². The van der Waals surface area contributed by atoms with Gasteiger partial charge >= 0.3 is 5.97 Å². The van der Waals surface area contributed by atoms with Crippen LogP contribution in [0.4, 0.5) is 11.4 Å². The summed E-state index contributed by atoms with van der Waals surface area (Å²) in [7, 11) is -4.20. The van der Waals surface area contributed by atoms with Crippen LogP contribution in [0.2, 0.25) is 5.02 Å². The summed E-state index contributed by atoms with van der Waals surface area (Å²) >= 11 is 6.46. The topological polar surface area (TPSA) is 125 Å². The van der Waals surface area contributed by atoms with Crippen molar-refractivity contribution < 1.29 is 31.9 Å². The molecule has 1 N–H and O–H groups in total. The van der Waals surface area contributed by atoms with E-state index < -0.39 is 16.0 Å². The summed E-state index contributed by atoms with van der Waals surface area (Å²) in [6.07, 6.45) is 3.34. The van der Waals surface area contributed by atoms with Gasteiger partial charge in [0.05, 0.1) is 34.0 Å². The number of carboxylic acids is 1. The summed E-state index contributed by atoms with van der Waals surface area (Å²) in [6.45, 7) is 9.35. The van der Waals surface area contributed by atoms with Gasteiger partial charge in [-0.15, -0.1) is 0 Å². The molecule has 3 aromatic carbocycles. The highest BCUT2D eigenvalue weighted by atomic mass is 35.5. The Balaban J connectivity index is 1.64. The number of sulfonamides is 1. The number of hydrogen-bond acceptors (Lipinski definition) is 7. The molecule has 0 aliphatic heterocycles. The van der Waals surface area contributed by atoms with E-state index in [0.717, 1.165) is 31.6 Å². The van der Waals surface area contributed by atoms with Crippen LogP contribution in [0.25, 0.3) is 11.0 Å². The van der Waals surface area contributed by atoms with Gasteiger partial charge in [0.2, 0.25) is 5.76 Å². The standard InChI is InChI=1S/C37H40ClN3O7S/c1-5-18-39(19-6-2)27-15-14-26(23-40(24-28-11-10-20-47-28)36(42)30-12-8-9-13-32(30)38)33(21-27)41(7-3)49(45,46)29-16-17-34-31(22-29)25(4)35(48-34)37(43)44/h8-17,20-22H,5-7,18-19,23-24H2,1-4H3,(H,43,44). The third-order valence-electron chi connectivity index (χ3n) is 8.35. The second kappa shape index (κ2) is 15.2. The van der Waals surface area contributed by atoms with Crippen molar-refractivity contribution in [2.24, 2.45) is 0 Å². The lowest BCUT2D eigenvalue weighted by Gasteiger charge is -2.31. The molecule has 0 aliphatic carbocycles. The number of furan rings is 2. The maximum Gasteiger partial charge on any atom is 0.372 e. The lowest BCUT2D eigenvalue weighted by molar-refractivity contribution is 0.0662. The van der Waals surface area contributed by atoms with Crippen molar-refractivity contribution in [2.75, 3.05) is 28.8 Å². The highest BCUT2D eigenvalue weighted by molar-refractivity contribution is 7.92. The summed E-state index contributed by atoms with van der Waals surface area (Å²) in [6, 6.07) is 20.4. The predicted molar refractivity (Wildman–Crippen MR) is 191 cm³/mol. The molecule has 0 saturated heterocycles. The minimum absolute atomic E-state index is 0.0161. The molecule has 5 aromatic rings. The van der Waals surface area contributed by atoms with Gasteiger partial charge in [-0.3, -0.25) is 9.10 Å². The Morgan fingerprint density at radius 2 is 1.63 bits per heavy atom. The third-order valence-corrected chi connectivity index (χ3v) is 10.6. The van der Waals surface area contributed by atoms with Crippen LogP contribution in [0, 0.1) is 6.92 Å². The monoisotopic (exact) mass is 705 g/mol. The zero-order chi connectivity index (χ0) is 35.3. The SMILES string of the molecule is CCCN(CCC)c1ccc(CN(Cc2ccco2)C(=O)c2ccccc2Cl)c(N(CC)S(=O)(=O)c2ccc3oc(C(=O)O)c(C)c3c2)c1. The number of amides is 1. The molecule has 5 rings (SSSR count). The molecule has 49 heavy (non-hydrogen) atoms. The molecule has 2 aromatic heterocycles. The van der Waals surface area contributed by atoms with Crippen LogP contribution in [-0.2, 0) is 23.1 Å². The third kappa shape index (κ3) is 7.47. The lowest BCUT2D eigenvalue weighted by Crippen LogP contribution is -2.34. The first-order chi connectivity index (χ1) is 23.5. The average molecular weight is 706 g/mol. The van der Waals surface area contributed by atoms with E-state index >= 15 is 0 Å². The first kappa shape index (κ1) is 35.6. The van der Waals surface area contributed by atoms with E-state index in [0.29, 0.717) is 38.5 Å². The highest BCUT2D eigenvalue weighted by Crippen LogP contribution is 2.35. The zero-order valence-electron chi connectivity index (χ0n) is 28.0. The Morgan fingerprint density at radius 1 is 0.898 bits per heavy atom. The lowest BCUT2D eigenvalue weighted by atomic mass is 10.1. The number of hydrogen-bond donors (Lipinski definition) is 1. The maximum absolute atomic E-state index is 14.5. The first-order valence-electron chi connectivity index (χ1n) is 16.2. The van der Waals surface area contributed by atoms with Crippen molar-refractivity contribution in [3.05, 3.63) is 112 Å². The summed E-state index contributed by atoms with van der Waals surface area (Å²) in [4.78, 5) is 29.5. The van der Waals surface area contributed by atoms with E-state index in [1.54, 1.807) is 55.1 Å². The Hall–Kier alpha value is -4.74. The van der Waals surface area contributed by atoms with Gasteiger partial charge in [0.1, 0.15) is 11.3 Å². The summed E-state index contributed by atoms with van der Waals surface area (Å²) in [5.41, 5.74) is 2.81. The highest BCUT2D eigenvalue weighted by Gasteiger charge is 2.30. The maximum atomic E-state index is 14.5. The number of nitrogens with zero attached hydrogens (tertiary/aromatic N) is 3. The number of halogens is 1. The fourth-order valence-corrected chi connectivity index (χ4v) is 7.73. The number of carboxylic acid groups (broad SMARTS) is 1. The van der Waals surface area contributed by atoms with Gasteiger partial charge in [-0.2, -0.15) is 0 Å². The van der Waals surface area contributed by atoms with E-state index in [1.165, 1.54) is 28.8 Å². The molecule has 10 nitrogen and oxygen atoms in total. The fourth-order valence-electron chi connectivity index (χ4n) is 5.99. The Bertz CT molecular complexity index is 2050. The minimum atomic E-state index is -4.20. The second-order valence-corrected chi connectivity index (χ2v) is 14.0. The van der Waals surface area contributed by atoms with Gasteiger partial charge < -0.3 is 23.7 Å². The van der Waals surface area contributed by atoms with Crippen LogP contribution >= 0.6 is 11.6 Å². The van der Waals surface area contributed by atoms with Gasteiger partial charge in [0.25, 0.3) is 15.9 Å². The number of aromatic carboxylic acids is 1. The van der Waals surface area contributed by atoms with E-state index in [2.05, 4.69) is 18.7 Å². The van der Waals surface area contributed by atoms with Crippen molar-refractivity contribution in [1.82, 2.24) is 4.90 Å². The van der Waals surface area contributed by atoms with Crippen molar-refractivity contribution in [1.29, 1.82) is 0 Å². The van der Waals surface area contributed by atoms with Crippen molar-refractivity contribution in [3.63, 3.8) is 0 Å². The van der Waals surface area contributed by atoms with E-state index in [-0.39, 0.29) is 41.8 Å². The van der Waals surface area contributed by atoms with Crippen LogP contribution in [0.3, 0.4) is 0 Å². The normalized spacial score (nSPS) is 11.5. The fraction of sp³-hybridized carbons (Fsp3) is 0.297. The minimum Gasteiger partial charge on any atom is -0.475 e. The Morgan fingerprint density at radius 3 is 2.27 bits per heavy atom. The van der Waals surface area contributed by atoms with Crippen LogP contribution < -0.4 is 9.21 Å². The Kier molecular flexibility index (Phi) is 11.0. The second-order valence-electron chi connectivity index (χ2n) is 11.7. The molecule has 0 saturated carbocycles. The van der Waals surface area contributed by atoms with Crippen molar-refractivity contribution in [2.45, 2.75) is 58.5 Å². The molecular weight excluding hydrogens is 666 g/mol. The number of carbonyl (C=O) groups excluding carboxylic acids is 1. The predicted octanol–water partition coefficient (Wildman–Crippen LogP) is 8.37. The summed E-state index contributed by atoms with van der Waals surface area (Å²) < 4.78 is 41.5. The molecule has 0 spiro atoms. The van der Waals surface area contributed by atoms with Gasteiger partial charge in [-0.05, 0) is 86.8 Å². The van der Waals surface area contributed by atoms with Crippen LogP contribution in [-0.4, -0.2) is 49.9 Å². The summed E-state index contributed by atoms with van der Waals surface area (Å²) in [5, 5.41) is 10.3. The van der Waals surface area contributed by atoms with Gasteiger partial charge in [-0.1, -0.05) is 43.6 Å².